The van der Waals surface area contributed by atoms with Gasteiger partial charge in [-0.05, 0) is 26.0 Å². The van der Waals surface area contributed by atoms with E-state index in [1.54, 1.807) is 17.5 Å². The molecule has 3 aromatic rings. The van der Waals surface area contributed by atoms with Gasteiger partial charge in [0, 0.05) is 31.4 Å². The molecule has 5 heterocycles. The van der Waals surface area contributed by atoms with Crippen LogP contribution in [0.1, 0.15) is 13.8 Å². The smallest absolute Gasteiger partial charge is 0.148 e. The van der Waals surface area contributed by atoms with Crippen LogP contribution in [-0.2, 0) is 9.47 Å². The van der Waals surface area contributed by atoms with Crippen LogP contribution in [0.25, 0.3) is 21.0 Å². The molecule has 0 N–H and O–H groups in total. The lowest BCUT2D eigenvalue weighted by Crippen LogP contribution is -2.45. The second-order valence-corrected chi connectivity index (χ2v) is 8.60. The van der Waals surface area contributed by atoms with Crippen LogP contribution in [0.4, 0.5) is 11.5 Å². The summed E-state index contributed by atoms with van der Waals surface area (Å²) in [5, 5.41) is 0.905. The van der Waals surface area contributed by atoms with E-state index in [4.69, 9.17) is 19.4 Å². The van der Waals surface area contributed by atoms with Crippen molar-refractivity contribution >= 4 is 33.2 Å². The first kappa shape index (κ1) is 18.7. The van der Waals surface area contributed by atoms with E-state index in [1.807, 2.05) is 18.2 Å². The quantitative estimate of drug-likeness (QED) is 0.656. The largest absolute Gasteiger partial charge is 0.377 e. The van der Waals surface area contributed by atoms with Crippen LogP contribution in [0, 0.1) is 0 Å². The third-order valence-electron chi connectivity index (χ3n) is 5.56. The van der Waals surface area contributed by atoms with Gasteiger partial charge >= 0.3 is 0 Å². The zero-order chi connectivity index (χ0) is 19.8. The van der Waals surface area contributed by atoms with Crippen molar-refractivity contribution in [3.05, 3.63) is 30.5 Å². The minimum absolute atomic E-state index is 0.296. The zero-order valence-corrected chi connectivity index (χ0v) is 17.6. The zero-order valence-electron chi connectivity index (χ0n) is 16.7. The molecule has 0 aromatic carbocycles. The summed E-state index contributed by atoms with van der Waals surface area (Å²) >= 11 is 1.61. The van der Waals surface area contributed by atoms with Gasteiger partial charge in [-0.1, -0.05) is 17.4 Å². The average Bonchev–Trinajstić information content (AvgIpc) is 3.19. The molecule has 29 heavy (non-hydrogen) atoms. The van der Waals surface area contributed by atoms with Crippen LogP contribution in [0.3, 0.4) is 0 Å². The number of pyridine rings is 2. The second-order valence-electron chi connectivity index (χ2n) is 7.62. The van der Waals surface area contributed by atoms with Gasteiger partial charge in [-0.3, -0.25) is 4.98 Å². The molecule has 0 spiro atoms. The molecule has 152 valence electrons. The van der Waals surface area contributed by atoms with Crippen LogP contribution >= 0.6 is 11.3 Å². The average molecular weight is 412 g/mol. The first-order chi connectivity index (χ1) is 14.2. The number of rotatable bonds is 3. The highest BCUT2D eigenvalue weighted by Crippen LogP contribution is 2.37. The Kier molecular flexibility index (Phi) is 5.07. The molecule has 5 rings (SSSR count). The van der Waals surface area contributed by atoms with E-state index in [2.05, 4.69) is 34.7 Å². The molecular weight excluding hydrogens is 386 g/mol. The molecule has 8 heteroatoms. The number of morpholine rings is 2. The molecule has 2 atom stereocenters. The summed E-state index contributed by atoms with van der Waals surface area (Å²) in [6.45, 7) is 9.01. The summed E-state index contributed by atoms with van der Waals surface area (Å²) in [6.07, 6.45) is 1.81. The Labute approximate surface area is 174 Å². The van der Waals surface area contributed by atoms with Crippen molar-refractivity contribution in [3.63, 3.8) is 0 Å². The fraction of sp³-hybridized carbons (Fsp3) is 0.476. The highest BCUT2D eigenvalue weighted by atomic mass is 32.1. The molecule has 3 aromatic heterocycles. The maximum Gasteiger partial charge on any atom is 0.148 e. The van der Waals surface area contributed by atoms with E-state index in [0.717, 1.165) is 72.1 Å². The maximum atomic E-state index is 5.67. The normalized spacial score (nSPS) is 23.0. The molecule has 0 bridgehead atoms. The predicted molar refractivity (Wildman–Crippen MR) is 116 cm³/mol. The molecule has 0 saturated carbocycles. The number of hydrogen-bond donors (Lipinski definition) is 0. The second kappa shape index (κ2) is 7.85. The fourth-order valence-corrected chi connectivity index (χ4v) is 4.93. The Morgan fingerprint density at radius 3 is 2.45 bits per heavy atom. The van der Waals surface area contributed by atoms with E-state index in [-0.39, 0.29) is 0 Å². The highest BCUT2D eigenvalue weighted by molar-refractivity contribution is 7.21. The first-order valence-electron chi connectivity index (χ1n) is 10.1. The summed E-state index contributed by atoms with van der Waals surface area (Å²) in [7, 11) is 0. The Balaban J connectivity index is 1.65. The van der Waals surface area contributed by atoms with Crippen molar-refractivity contribution in [1.82, 2.24) is 15.0 Å². The Bertz CT molecular complexity index is 995. The summed E-state index contributed by atoms with van der Waals surface area (Å²) in [5.74, 6) is 0.998. The van der Waals surface area contributed by atoms with E-state index >= 15 is 0 Å². The topological polar surface area (TPSA) is 63.6 Å². The molecule has 7 nitrogen and oxygen atoms in total. The minimum atomic E-state index is 0.296. The third kappa shape index (κ3) is 3.56. The van der Waals surface area contributed by atoms with Crippen molar-refractivity contribution in [2.45, 2.75) is 25.9 Å². The van der Waals surface area contributed by atoms with Crippen molar-refractivity contribution in [1.29, 1.82) is 0 Å². The Morgan fingerprint density at radius 1 is 1.00 bits per heavy atom. The first-order valence-corrected chi connectivity index (χ1v) is 10.9. The van der Waals surface area contributed by atoms with Gasteiger partial charge in [-0.2, -0.15) is 0 Å². The van der Waals surface area contributed by atoms with Crippen LogP contribution < -0.4 is 9.80 Å². The van der Waals surface area contributed by atoms with Gasteiger partial charge < -0.3 is 19.3 Å². The minimum Gasteiger partial charge on any atom is -0.377 e. The number of anilines is 2. The van der Waals surface area contributed by atoms with Gasteiger partial charge in [0.1, 0.15) is 21.2 Å². The van der Waals surface area contributed by atoms with E-state index in [1.165, 1.54) is 0 Å². The van der Waals surface area contributed by atoms with Crippen LogP contribution in [-0.4, -0.2) is 66.6 Å². The Hall–Kier alpha value is -2.29. The summed E-state index contributed by atoms with van der Waals surface area (Å²) in [6, 6.07) is 8.71. The monoisotopic (exact) mass is 411 g/mol. The third-order valence-corrected chi connectivity index (χ3v) is 6.53. The summed E-state index contributed by atoms with van der Waals surface area (Å²) in [5.41, 5.74) is 2.98. The van der Waals surface area contributed by atoms with Crippen molar-refractivity contribution in [3.8, 4) is 10.7 Å². The van der Waals surface area contributed by atoms with Gasteiger partial charge in [0.15, 0.2) is 0 Å². The molecule has 0 unspecified atom stereocenters. The highest BCUT2D eigenvalue weighted by Gasteiger charge is 2.27. The number of fused-ring (bicyclic) bond motifs is 1. The van der Waals surface area contributed by atoms with Crippen LogP contribution in [0.5, 0.6) is 0 Å². The number of ether oxygens (including phenoxy) is 2. The summed E-state index contributed by atoms with van der Waals surface area (Å²) in [4.78, 5) is 20.2. The number of thiazole rings is 1. The van der Waals surface area contributed by atoms with Crippen molar-refractivity contribution in [2.75, 3.05) is 49.3 Å². The van der Waals surface area contributed by atoms with Gasteiger partial charge in [0.2, 0.25) is 0 Å². The predicted octanol–water partition coefficient (Wildman–Crippen LogP) is 3.20. The van der Waals surface area contributed by atoms with Crippen LogP contribution in [0.2, 0.25) is 0 Å². The molecule has 0 amide bonds. The molecular formula is C21H25N5O2S. The van der Waals surface area contributed by atoms with Crippen LogP contribution in [0.15, 0.2) is 30.5 Å². The van der Waals surface area contributed by atoms with Gasteiger partial charge in [-0.15, -0.1) is 0 Å². The maximum absolute atomic E-state index is 5.67. The number of aromatic nitrogens is 3. The number of hydrogen-bond acceptors (Lipinski definition) is 8. The molecule has 2 aliphatic heterocycles. The molecule has 0 aliphatic carbocycles. The van der Waals surface area contributed by atoms with E-state index < -0.39 is 0 Å². The number of nitrogens with zero attached hydrogens (tertiary/aromatic N) is 5. The molecule has 2 saturated heterocycles. The molecule has 0 radical (unpaired) electrons. The van der Waals surface area contributed by atoms with Gasteiger partial charge in [0.05, 0.1) is 43.9 Å². The summed E-state index contributed by atoms with van der Waals surface area (Å²) < 4.78 is 11.3. The lowest BCUT2D eigenvalue weighted by molar-refractivity contribution is 0.0981. The fourth-order valence-electron chi connectivity index (χ4n) is 4.00. The molecule has 2 fully saturated rings. The SMILES string of the molecule is C[C@@H]1COCCN1c1cc(N2CCOC[C@@H]2C)nc2sc(-c3ccccn3)nc12. The van der Waals surface area contributed by atoms with Crippen molar-refractivity contribution in [2.24, 2.45) is 0 Å². The standard InChI is InChI=1S/C21H25N5O2S/c1-14-12-27-9-7-25(14)17-11-18(26-8-10-28-13-15(26)2)23-21-19(17)24-20(29-21)16-5-3-4-6-22-16/h3-6,11,14-15H,7-10,12-13H2,1-2H3/t14-,15+/m1/s1. The van der Waals surface area contributed by atoms with Gasteiger partial charge in [-0.25, -0.2) is 9.97 Å². The molecule has 2 aliphatic rings. The Morgan fingerprint density at radius 2 is 1.76 bits per heavy atom. The van der Waals surface area contributed by atoms with Gasteiger partial charge in [0.25, 0.3) is 0 Å². The van der Waals surface area contributed by atoms with E-state index in [9.17, 15) is 0 Å². The van der Waals surface area contributed by atoms with Crippen molar-refractivity contribution < 1.29 is 9.47 Å². The van der Waals surface area contributed by atoms with E-state index in [0.29, 0.717) is 12.1 Å². The lowest BCUT2D eigenvalue weighted by atomic mass is 10.2. The lowest BCUT2D eigenvalue weighted by Gasteiger charge is -2.37.